The summed E-state index contributed by atoms with van der Waals surface area (Å²) in [6.07, 6.45) is 1.69. The molecule has 6 aromatic carbocycles. The maximum Gasteiger partial charge on any atom is 0.309 e. The quantitative estimate of drug-likeness (QED) is 0.196. The predicted molar refractivity (Wildman–Crippen MR) is 192 cm³/mol. The zero-order chi connectivity index (χ0) is 33.8. The van der Waals surface area contributed by atoms with Crippen LogP contribution < -0.4 is 0 Å². The van der Waals surface area contributed by atoms with Crippen molar-refractivity contribution in [2.24, 2.45) is 0 Å². The van der Waals surface area contributed by atoms with Crippen LogP contribution in [0.25, 0.3) is 83.7 Å². The summed E-state index contributed by atoms with van der Waals surface area (Å²) in [6, 6.07) is 51.3. The summed E-state index contributed by atoms with van der Waals surface area (Å²) in [5.74, 6) is 0.369. The molecule has 47 heavy (non-hydrogen) atoms. The lowest BCUT2D eigenvalue weighted by molar-refractivity contribution is 0.643. The SMILES string of the molecule is [2H]C([2H])([2H])c1ccc2c(oc3nc4ncccc4n32)c1-c1ccc(-c2cc(-c3ccccc3)c(-c3ccccc3)cc2-c2ccccc2)cc1. The van der Waals surface area contributed by atoms with Gasteiger partial charge < -0.3 is 4.42 Å². The summed E-state index contributed by atoms with van der Waals surface area (Å²) >= 11 is 0. The van der Waals surface area contributed by atoms with Gasteiger partial charge in [-0.15, -0.1) is 0 Å². The monoisotopic (exact) mass is 606 g/mol. The van der Waals surface area contributed by atoms with Gasteiger partial charge in [0.25, 0.3) is 0 Å². The van der Waals surface area contributed by atoms with E-state index in [-0.39, 0.29) is 5.56 Å². The van der Waals surface area contributed by atoms with Gasteiger partial charge in [0.1, 0.15) is 0 Å². The average Bonchev–Trinajstić information content (AvgIpc) is 3.71. The Morgan fingerprint density at radius 3 is 1.62 bits per heavy atom. The molecule has 0 unspecified atom stereocenters. The fourth-order valence-corrected chi connectivity index (χ4v) is 6.65. The van der Waals surface area contributed by atoms with E-state index in [0.29, 0.717) is 22.6 Å². The van der Waals surface area contributed by atoms with Crippen LogP contribution in [0.15, 0.2) is 162 Å². The van der Waals surface area contributed by atoms with E-state index in [9.17, 15) is 0 Å². The van der Waals surface area contributed by atoms with E-state index >= 15 is 0 Å². The van der Waals surface area contributed by atoms with Crippen molar-refractivity contribution in [3.63, 3.8) is 0 Å². The lowest BCUT2D eigenvalue weighted by atomic mass is 9.85. The molecule has 0 spiro atoms. The Labute approximate surface area is 276 Å². The van der Waals surface area contributed by atoms with E-state index in [0.717, 1.165) is 61.1 Å². The third-order valence-electron chi connectivity index (χ3n) is 8.87. The van der Waals surface area contributed by atoms with Crippen molar-refractivity contribution in [3.8, 4) is 55.6 Å². The summed E-state index contributed by atoms with van der Waals surface area (Å²) in [5, 5.41) is 0. The molecule has 0 saturated heterocycles. The van der Waals surface area contributed by atoms with Crippen molar-refractivity contribution in [2.45, 2.75) is 6.85 Å². The first-order valence-corrected chi connectivity index (χ1v) is 15.6. The number of aromatic nitrogens is 3. The van der Waals surface area contributed by atoms with E-state index in [2.05, 4.69) is 107 Å². The first-order chi connectivity index (χ1) is 24.4. The minimum atomic E-state index is -2.36. The molecular weight excluding hydrogens is 574 g/mol. The zero-order valence-electron chi connectivity index (χ0n) is 28.3. The molecule has 222 valence electrons. The van der Waals surface area contributed by atoms with Crippen molar-refractivity contribution in [1.82, 2.24) is 14.4 Å². The van der Waals surface area contributed by atoms with Gasteiger partial charge in [0, 0.05) is 15.9 Å². The van der Waals surface area contributed by atoms with Crippen molar-refractivity contribution < 1.29 is 8.53 Å². The number of benzene rings is 6. The van der Waals surface area contributed by atoms with Crippen LogP contribution in [0.5, 0.6) is 0 Å². The number of hydrogen-bond acceptors (Lipinski definition) is 3. The lowest BCUT2D eigenvalue weighted by Crippen LogP contribution is -1.93. The van der Waals surface area contributed by atoms with Crippen molar-refractivity contribution in [3.05, 3.63) is 163 Å². The topological polar surface area (TPSA) is 43.3 Å². The van der Waals surface area contributed by atoms with Crippen LogP contribution in [0.1, 0.15) is 9.68 Å². The van der Waals surface area contributed by atoms with Gasteiger partial charge in [-0.2, -0.15) is 4.98 Å². The van der Waals surface area contributed by atoms with Gasteiger partial charge >= 0.3 is 5.84 Å². The summed E-state index contributed by atoms with van der Waals surface area (Å²) in [6.45, 7) is -2.36. The normalized spacial score (nSPS) is 12.7. The first-order valence-electron chi connectivity index (χ1n) is 17.1. The Balaban J connectivity index is 1.26. The molecular formula is C43H29N3O. The number of imidazole rings is 1. The van der Waals surface area contributed by atoms with Gasteiger partial charge in [-0.25, -0.2) is 4.98 Å². The maximum atomic E-state index is 8.42. The molecule has 3 aromatic heterocycles. The molecule has 0 fully saturated rings. The average molecular weight is 607 g/mol. The fraction of sp³-hybridized carbons (Fsp3) is 0.0233. The number of nitrogens with zero attached hydrogens (tertiary/aromatic N) is 3. The van der Waals surface area contributed by atoms with Crippen molar-refractivity contribution in [1.29, 1.82) is 0 Å². The minimum absolute atomic E-state index is 0.223. The molecule has 0 aliphatic carbocycles. The largest absolute Gasteiger partial charge is 0.422 e. The molecule has 0 aliphatic rings. The fourth-order valence-electron chi connectivity index (χ4n) is 6.65. The van der Waals surface area contributed by atoms with Crippen LogP contribution in [0.2, 0.25) is 0 Å². The smallest absolute Gasteiger partial charge is 0.309 e. The molecule has 0 bridgehead atoms. The molecule has 4 nitrogen and oxygen atoms in total. The van der Waals surface area contributed by atoms with Gasteiger partial charge in [-0.1, -0.05) is 121 Å². The van der Waals surface area contributed by atoms with Gasteiger partial charge in [0.05, 0.1) is 11.0 Å². The van der Waals surface area contributed by atoms with Gasteiger partial charge in [0.2, 0.25) is 0 Å². The van der Waals surface area contributed by atoms with E-state index < -0.39 is 6.85 Å². The van der Waals surface area contributed by atoms with Crippen LogP contribution in [0.4, 0.5) is 0 Å². The number of aryl methyl sites for hydroxylation is 1. The van der Waals surface area contributed by atoms with Gasteiger partial charge in [-0.05, 0) is 92.8 Å². The second-order valence-corrected chi connectivity index (χ2v) is 11.6. The molecule has 0 radical (unpaired) electrons. The molecule has 0 saturated carbocycles. The van der Waals surface area contributed by atoms with Crippen molar-refractivity contribution >= 4 is 28.1 Å². The number of oxazole rings is 1. The Morgan fingerprint density at radius 2 is 1.06 bits per heavy atom. The Morgan fingerprint density at radius 1 is 0.532 bits per heavy atom. The van der Waals surface area contributed by atoms with Gasteiger partial charge in [0.15, 0.2) is 11.2 Å². The minimum Gasteiger partial charge on any atom is -0.422 e. The summed E-state index contributed by atoms with van der Waals surface area (Å²) in [5.41, 5.74) is 12.9. The number of fused-ring (bicyclic) bond motifs is 5. The lowest BCUT2D eigenvalue weighted by Gasteiger charge is -2.18. The van der Waals surface area contributed by atoms with Crippen LogP contribution in [0.3, 0.4) is 0 Å². The highest BCUT2D eigenvalue weighted by Crippen LogP contribution is 2.43. The van der Waals surface area contributed by atoms with Crippen LogP contribution in [-0.4, -0.2) is 14.4 Å². The third kappa shape index (κ3) is 4.53. The maximum absolute atomic E-state index is 8.42. The van der Waals surface area contributed by atoms with E-state index in [1.54, 1.807) is 18.3 Å². The number of rotatable bonds is 5. The number of hydrogen-bond donors (Lipinski definition) is 0. The van der Waals surface area contributed by atoms with Crippen molar-refractivity contribution in [2.75, 3.05) is 0 Å². The van der Waals surface area contributed by atoms with Crippen LogP contribution in [-0.2, 0) is 0 Å². The molecule has 0 amide bonds. The summed E-state index contributed by atoms with van der Waals surface area (Å²) < 4.78 is 33.5. The number of pyridine rings is 1. The van der Waals surface area contributed by atoms with E-state index in [1.165, 1.54) is 0 Å². The first kappa shape index (κ1) is 24.0. The van der Waals surface area contributed by atoms with Crippen LogP contribution >= 0.6 is 0 Å². The molecule has 9 rings (SSSR count). The second kappa shape index (κ2) is 11.0. The standard InChI is InChI=1S/C43H29N3O/c1-28-19-24-38-41(47-43-45-42-39(46(38)43)18-11-25-44-42)40(28)33-22-20-32(21-23-33)37-27-35(30-14-7-3-8-15-30)34(29-12-5-2-6-13-29)26-36(37)31-16-9-4-10-17-31/h2-27H,1H3/i1D3. The molecule has 0 atom stereocenters. The summed E-state index contributed by atoms with van der Waals surface area (Å²) in [7, 11) is 0. The zero-order valence-corrected chi connectivity index (χ0v) is 25.3. The Kier molecular flexibility index (Phi) is 5.61. The highest BCUT2D eigenvalue weighted by molar-refractivity contribution is 5.98. The Hall–Kier alpha value is -6.26. The highest BCUT2D eigenvalue weighted by Gasteiger charge is 2.20. The van der Waals surface area contributed by atoms with Crippen LogP contribution in [0, 0.1) is 6.85 Å². The molecule has 9 aromatic rings. The molecule has 0 aliphatic heterocycles. The third-order valence-corrected chi connectivity index (χ3v) is 8.87. The van der Waals surface area contributed by atoms with E-state index in [1.807, 2.05) is 46.9 Å². The molecule has 3 heterocycles. The Bertz CT molecular complexity index is 2660. The van der Waals surface area contributed by atoms with Gasteiger partial charge in [-0.3, -0.25) is 4.40 Å². The highest BCUT2D eigenvalue weighted by atomic mass is 16.4. The van der Waals surface area contributed by atoms with E-state index in [4.69, 9.17) is 8.53 Å². The molecule has 0 N–H and O–H groups in total. The molecule has 4 heteroatoms. The summed E-state index contributed by atoms with van der Waals surface area (Å²) in [4.78, 5) is 8.95. The predicted octanol–water partition coefficient (Wildman–Crippen LogP) is 11.3. The second-order valence-electron chi connectivity index (χ2n) is 11.6.